The zero-order chi connectivity index (χ0) is 11.8. The van der Waals surface area contributed by atoms with Crippen LogP contribution >= 0.6 is 0 Å². The Morgan fingerprint density at radius 2 is 2.25 bits per heavy atom. The quantitative estimate of drug-likeness (QED) is 0.654. The molecule has 0 unspecified atom stereocenters. The lowest BCUT2D eigenvalue weighted by molar-refractivity contribution is -0.121. The molecule has 0 aliphatic heterocycles. The normalized spacial score (nSPS) is 10.1. The monoisotopic (exact) mass is 224 g/mol. The van der Waals surface area contributed by atoms with Crippen molar-refractivity contribution in [3.05, 3.63) is 34.7 Å². The molecular weight excluding hydrogens is 208 g/mol. The number of aromatic nitrogens is 1. The number of aliphatic hydroxyl groups is 1. The number of carbonyl (C=O) groups excluding carboxylic acids is 1. The average Bonchev–Trinajstić information content (AvgIpc) is 2.28. The summed E-state index contributed by atoms with van der Waals surface area (Å²) in [6, 6.07) is 4.88. The highest BCUT2D eigenvalue weighted by Crippen LogP contribution is 1.88. The summed E-state index contributed by atoms with van der Waals surface area (Å²) in [6.45, 7) is 0.919. The van der Waals surface area contributed by atoms with E-state index in [1.165, 1.54) is 10.6 Å². The summed E-state index contributed by atoms with van der Waals surface area (Å²) < 4.78 is 1.49. The van der Waals surface area contributed by atoms with E-state index in [0.717, 1.165) is 0 Å². The second-order valence-electron chi connectivity index (χ2n) is 3.41. The van der Waals surface area contributed by atoms with E-state index in [1.807, 2.05) is 0 Å². The van der Waals surface area contributed by atoms with Gasteiger partial charge in [0, 0.05) is 38.4 Å². The van der Waals surface area contributed by atoms with Gasteiger partial charge in [0.25, 0.3) is 5.56 Å². The third-order valence-corrected chi connectivity index (χ3v) is 2.14. The maximum absolute atomic E-state index is 11.3. The lowest BCUT2D eigenvalue weighted by Crippen LogP contribution is -2.27. The van der Waals surface area contributed by atoms with E-state index in [4.69, 9.17) is 5.11 Å². The van der Waals surface area contributed by atoms with Crippen molar-refractivity contribution in [2.75, 3.05) is 13.2 Å². The van der Waals surface area contributed by atoms with Gasteiger partial charge in [0.2, 0.25) is 5.91 Å². The minimum Gasteiger partial charge on any atom is -0.396 e. The molecule has 1 aromatic rings. The fourth-order valence-electron chi connectivity index (χ4n) is 1.26. The highest BCUT2D eigenvalue weighted by molar-refractivity contribution is 5.75. The summed E-state index contributed by atoms with van der Waals surface area (Å²) in [5.41, 5.74) is -0.106. The van der Waals surface area contributed by atoms with E-state index in [-0.39, 0.29) is 24.5 Å². The second-order valence-corrected chi connectivity index (χ2v) is 3.41. The Kier molecular flexibility index (Phi) is 5.28. The Bertz CT molecular complexity index is 387. The van der Waals surface area contributed by atoms with Crippen LogP contribution in [0.2, 0.25) is 0 Å². The Morgan fingerprint density at radius 3 is 2.94 bits per heavy atom. The first kappa shape index (κ1) is 12.4. The predicted molar refractivity (Wildman–Crippen MR) is 60.0 cm³/mol. The molecule has 0 aliphatic rings. The Labute approximate surface area is 93.7 Å². The van der Waals surface area contributed by atoms with E-state index >= 15 is 0 Å². The molecule has 1 rings (SSSR count). The summed E-state index contributed by atoms with van der Waals surface area (Å²) in [4.78, 5) is 22.6. The SMILES string of the molecule is O=C(CCn1ccccc1=O)NCCCO. The van der Waals surface area contributed by atoms with Crippen LogP contribution in [0.25, 0.3) is 0 Å². The number of aryl methyl sites for hydroxylation is 1. The molecule has 0 spiro atoms. The maximum Gasteiger partial charge on any atom is 0.250 e. The Morgan fingerprint density at radius 1 is 1.44 bits per heavy atom. The molecule has 0 saturated heterocycles. The van der Waals surface area contributed by atoms with Crippen molar-refractivity contribution < 1.29 is 9.90 Å². The molecule has 1 amide bonds. The van der Waals surface area contributed by atoms with Crippen molar-refractivity contribution in [2.24, 2.45) is 0 Å². The number of nitrogens with zero attached hydrogens (tertiary/aromatic N) is 1. The highest BCUT2D eigenvalue weighted by Gasteiger charge is 2.01. The molecule has 0 aromatic carbocycles. The van der Waals surface area contributed by atoms with Gasteiger partial charge in [-0.25, -0.2) is 0 Å². The van der Waals surface area contributed by atoms with Crippen LogP contribution in [0.3, 0.4) is 0 Å². The van der Waals surface area contributed by atoms with Crippen LogP contribution in [0.5, 0.6) is 0 Å². The lowest BCUT2D eigenvalue weighted by atomic mass is 10.3. The molecule has 1 aromatic heterocycles. The molecule has 88 valence electrons. The number of amides is 1. The van der Waals surface area contributed by atoms with Gasteiger partial charge in [0.05, 0.1) is 0 Å². The van der Waals surface area contributed by atoms with Crippen molar-refractivity contribution >= 4 is 5.91 Å². The molecule has 0 radical (unpaired) electrons. The van der Waals surface area contributed by atoms with Crippen LogP contribution in [-0.4, -0.2) is 28.7 Å². The summed E-state index contributed by atoms with van der Waals surface area (Å²) in [7, 11) is 0. The zero-order valence-corrected chi connectivity index (χ0v) is 9.06. The fraction of sp³-hybridized carbons (Fsp3) is 0.455. The molecule has 0 fully saturated rings. The number of aliphatic hydroxyl groups excluding tert-OH is 1. The third-order valence-electron chi connectivity index (χ3n) is 2.14. The van der Waals surface area contributed by atoms with Crippen LogP contribution < -0.4 is 10.9 Å². The van der Waals surface area contributed by atoms with E-state index in [9.17, 15) is 9.59 Å². The number of hydrogen-bond donors (Lipinski definition) is 2. The van der Waals surface area contributed by atoms with E-state index < -0.39 is 0 Å². The molecule has 0 aliphatic carbocycles. The van der Waals surface area contributed by atoms with E-state index in [0.29, 0.717) is 19.5 Å². The molecule has 5 heteroatoms. The van der Waals surface area contributed by atoms with E-state index in [2.05, 4.69) is 5.32 Å². The number of carbonyl (C=O) groups is 1. The van der Waals surface area contributed by atoms with Crippen molar-refractivity contribution in [1.29, 1.82) is 0 Å². The van der Waals surface area contributed by atoms with Gasteiger partial charge in [-0.05, 0) is 12.5 Å². The molecule has 1 heterocycles. The van der Waals surface area contributed by atoms with Gasteiger partial charge in [0.1, 0.15) is 0 Å². The highest BCUT2D eigenvalue weighted by atomic mass is 16.3. The van der Waals surface area contributed by atoms with Gasteiger partial charge >= 0.3 is 0 Å². The van der Waals surface area contributed by atoms with Crippen molar-refractivity contribution in [3.63, 3.8) is 0 Å². The number of rotatable bonds is 6. The summed E-state index contributed by atoms with van der Waals surface area (Å²) in [6.07, 6.45) is 2.48. The molecule has 0 saturated carbocycles. The molecule has 5 nitrogen and oxygen atoms in total. The van der Waals surface area contributed by atoms with Gasteiger partial charge in [-0.2, -0.15) is 0 Å². The Balaban J connectivity index is 2.32. The third kappa shape index (κ3) is 4.27. The smallest absolute Gasteiger partial charge is 0.250 e. The zero-order valence-electron chi connectivity index (χ0n) is 9.06. The maximum atomic E-state index is 11.3. The first-order valence-corrected chi connectivity index (χ1v) is 5.27. The summed E-state index contributed by atoms with van der Waals surface area (Å²) >= 11 is 0. The number of pyridine rings is 1. The van der Waals surface area contributed by atoms with Crippen LogP contribution in [0.4, 0.5) is 0 Å². The standard InChI is InChI=1S/C11H16N2O3/c14-9-3-6-12-10(15)5-8-13-7-2-1-4-11(13)16/h1-2,4,7,14H,3,5-6,8-9H2,(H,12,15). The topological polar surface area (TPSA) is 71.3 Å². The summed E-state index contributed by atoms with van der Waals surface area (Å²) in [5.74, 6) is -0.107. The molecule has 0 bridgehead atoms. The number of nitrogens with one attached hydrogen (secondary N) is 1. The van der Waals surface area contributed by atoms with Gasteiger partial charge in [0.15, 0.2) is 0 Å². The van der Waals surface area contributed by atoms with Gasteiger partial charge in [-0.3, -0.25) is 9.59 Å². The second kappa shape index (κ2) is 6.79. The van der Waals surface area contributed by atoms with Crippen LogP contribution in [-0.2, 0) is 11.3 Å². The average molecular weight is 224 g/mol. The van der Waals surface area contributed by atoms with Crippen LogP contribution in [0.15, 0.2) is 29.2 Å². The minimum atomic E-state index is -0.107. The Hall–Kier alpha value is -1.62. The lowest BCUT2D eigenvalue weighted by Gasteiger charge is -2.05. The summed E-state index contributed by atoms with van der Waals surface area (Å²) in [5, 5.41) is 11.2. The number of hydrogen-bond acceptors (Lipinski definition) is 3. The van der Waals surface area contributed by atoms with Crippen molar-refractivity contribution in [3.8, 4) is 0 Å². The van der Waals surface area contributed by atoms with Crippen molar-refractivity contribution in [1.82, 2.24) is 9.88 Å². The van der Waals surface area contributed by atoms with E-state index in [1.54, 1.807) is 18.3 Å². The van der Waals surface area contributed by atoms with Crippen LogP contribution in [0.1, 0.15) is 12.8 Å². The first-order chi connectivity index (χ1) is 7.74. The minimum absolute atomic E-state index is 0.0679. The van der Waals surface area contributed by atoms with Gasteiger partial charge in [-0.15, -0.1) is 0 Å². The largest absolute Gasteiger partial charge is 0.396 e. The van der Waals surface area contributed by atoms with Gasteiger partial charge < -0.3 is 15.0 Å². The molecule has 0 atom stereocenters. The molecular formula is C11H16N2O3. The van der Waals surface area contributed by atoms with Crippen LogP contribution in [0, 0.1) is 0 Å². The predicted octanol–water partition coefficient (Wildman–Crippen LogP) is -0.263. The van der Waals surface area contributed by atoms with Crippen molar-refractivity contribution in [2.45, 2.75) is 19.4 Å². The molecule has 2 N–H and O–H groups in total. The first-order valence-electron chi connectivity index (χ1n) is 5.27. The fourth-order valence-corrected chi connectivity index (χ4v) is 1.26. The molecule has 16 heavy (non-hydrogen) atoms. The van der Waals surface area contributed by atoms with Gasteiger partial charge in [-0.1, -0.05) is 6.07 Å².